The number of nitrogens with zero attached hydrogens (tertiary/aromatic N) is 1. The minimum absolute atomic E-state index is 0.0431. The number of methoxy groups -OCH3 is 1. The summed E-state index contributed by atoms with van der Waals surface area (Å²) in [4.78, 5) is 11.7. The second kappa shape index (κ2) is 6.59. The first kappa shape index (κ1) is 14.6. The summed E-state index contributed by atoms with van der Waals surface area (Å²) < 4.78 is 15.4. The Balaban J connectivity index is 2.13. The van der Waals surface area contributed by atoms with Crippen molar-refractivity contribution in [2.75, 3.05) is 7.11 Å². The van der Waals surface area contributed by atoms with Gasteiger partial charge in [-0.2, -0.15) is 5.26 Å². The number of nitriles is 1. The Hall–Kier alpha value is -2.78. The van der Waals surface area contributed by atoms with Crippen LogP contribution in [-0.4, -0.2) is 12.2 Å². The summed E-state index contributed by atoms with van der Waals surface area (Å²) in [7, 11) is 1.49. The SMILES string of the molecule is COc1ccc(COc2coc(CO)cc2=O)cc1C#N. The van der Waals surface area contributed by atoms with Gasteiger partial charge in [0.05, 0.1) is 12.7 Å². The fraction of sp³-hybridized carbons (Fsp3) is 0.200. The maximum atomic E-state index is 11.7. The Bertz CT molecular complexity index is 730. The molecule has 0 aliphatic rings. The van der Waals surface area contributed by atoms with Crippen molar-refractivity contribution in [1.29, 1.82) is 5.26 Å². The highest BCUT2D eigenvalue weighted by atomic mass is 16.5. The van der Waals surface area contributed by atoms with Gasteiger partial charge in [0.25, 0.3) is 0 Å². The molecule has 6 nitrogen and oxygen atoms in total. The number of hydrogen-bond acceptors (Lipinski definition) is 6. The van der Waals surface area contributed by atoms with E-state index in [1.54, 1.807) is 18.2 Å². The molecule has 6 heteroatoms. The van der Waals surface area contributed by atoms with Crippen molar-refractivity contribution >= 4 is 0 Å². The zero-order valence-corrected chi connectivity index (χ0v) is 11.3. The van der Waals surface area contributed by atoms with Crippen molar-refractivity contribution in [2.45, 2.75) is 13.2 Å². The average Bonchev–Trinajstić information content (AvgIpc) is 2.53. The van der Waals surface area contributed by atoms with Crippen LogP contribution in [-0.2, 0) is 13.2 Å². The molecular weight excluding hydrogens is 274 g/mol. The summed E-state index contributed by atoms with van der Waals surface area (Å²) in [5.41, 5.74) is 0.735. The zero-order valence-electron chi connectivity index (χ0n) is 11.3. The Morgan fingerprint density at radius 1 is 1.33 bits per heavy atom. The summed E-state index contributed by atoms with van der Waals surface area (Å²) in [5.74, 6) is 0.693. The number of hydrogen-bond donors (Lipinski definition) is 1. The minimum Gasteiger partial charge on any atom is -0.495 e. The molecule has 0 radical (unpaired) electrons. The van der Waals surface area contributed by atoms with Crippen molar-refractivity contribution in [2.24, 2.45) is 0 Å². The van der Waals surface area contributed by atoms with Crippen LogP contribution in [0.1, 0.15) is 16.9 Å². The fourth-order valence-corrected chi connectivity index (χ4v) is 1.72. The van der Waals surface area contributed by atoms with Crippen molar-refractivity contribution in [3.8, 4) is 17.6 Å². The summed E-state index contributed by atoms with van der Waals surface area (Å²) in [6.07, 6.45) is 1.16. The minimum atomic E-state index is -0.376. The van der Waals surface area contributed by atoms with Gasteiger partial charge in [-0.3, -0.25) is 4.79 Å². The third-order valence-electron chi connectivity index (χ3n) is 2.79. The molecule has 0 saturated carbocycles. The number of ether oxygens (including phenoxy) is 2. The van der Waals surface area contributed by atoms with Crippen LogP contribution < -0.4 is 14.9 Å². The molecule has 0 aliphatic carbocycles. The molecule has 0 fully saturated rings. The van der Waals surface area contributed by atoms with E-state index in [0.717, 1.165) is 11.8 Å². The molecule has 0 unspecified atom stereocenters. The van der Waals surface area contributed by atoms with E-state index in [1.165, 1.54) is 13.2 Å². The monoisotopic (exact) mass is 287 g/mol. The first-order valence-electron chi connectivity index (χ1n) is 6.10. The topological polar surface area (TPSA) is 92.7 Å². The molecule has 1 heterocycles. The van der Waals surface area contributed by atoms with Gasteiger partial charge >= 0.3 is 0 Å². The first-order chi connectivity index (χ1) is 10.2. The van der Waals surface area contributed by atoms with Crippen molar-refractivity contribution in [3.05, 3.63) is 57.6 Å². The van der Waals surface area contributed by atoms with Crippen molar-refractivity contribution in [1.82, 2.24) is 0 Å². The number of rotatable bonds is 5. The Morgan fingerprint density at radius 2 is 2.14 bits per heavy atom. The number of aliphatic hydroxyl groups excluding tert-OH is 1. The Kier molecular flexibility index (Phi) is 4.59. The van der Waals surface area contributed by atoms with Gasteiger partial charge in [0, 0.05) is 6.07 Å². The van der Waals surface area contributed by atoms with Gasteiger partial charge in [0.15, 0.2) is 0 Å². The second-order valence-electron chi connectivity index (χ2n) is 4.17. The van der Waals surface area contributed by atoms with Crippen LogP contribution in [0.5, 0.6) is 11.5 Å². The maximum Gasteiger partial charge on any atom is 0.227 e. The van der Waals surface area contributed by atoms with Crippen LogP contribution in [0, 0.1) is 11.3 Å². The summed E-state index contributed by atoms with van der Waals surface area (Å²) in [6, 6.07) is 8.22. The van der Waals surface area contributed by atoms with Gasteiger partial charge in [-0.25, -0.2) is 0 Å². The van der Waals surface area contributed by atoms with E-state index < -0.39 is 0 Å². The van der Waals surface area contributed by atoms with E-state index in [-0.39, 0.29) is 30.2 Å². The number of benzene rings is 1. The molecule has 108 valence electrons. The first-order valence-corrected chi connectivity index (χ1v) is 6.10. The molecule has 1 aromatic carbocycles. The molecule has 2 rings (SSSR count). The maximum absolute atomic E-state index is 11.7. The molecule has 2 aromatic rings. The van der Waals surface area contributed by atoms with E-state index >= 15 is 0 Å². The van der Waals surface area contributed by atoms with Gasteiger partial charge < -0.3 is 19.0 Å². The molecule has 0 spiro atoms. The van der Waals surface area contributed by atoms with E-state index in [2.05, 4.69) is 0 Å². The zero-order chi connectivity index (χ0) is 15.2. The molecule has 1 aromatic heterocycles. The van der Waals surface area contributed by atoms with Crippen LogP contribution in [0.25, 0.3) is 0 Å². The lowest BCUT2D eigenvalue weighted by Gasteiger charge is -2.07. The normalized spacial score (nSPS) is 9.95. The van der Waals surface area contributed by atoms with Gasteiger partial charge in [-0.05, 0) is 17.7 Å². The van der Waals surface area contributed by atoms with Crippen LogP contribution in [0.15, 0.2) is 39.7 Å². The molecular formula is C15H13NO5. The predicted molar refractivity (Wildman–Crippen MR) is 72.9 cm³/mol. The molecule has 0 amide bonds. The van der Waals surface area contributed by atoms with Gasteiger partial charge in [0.1, 0.15) is 37.1 Å². The predicted octanol–water partition coefficient (Wildman–Crippen LogP) is 1.59. The van der Waals surface area contributed by atoms with Crippen LogP contribution in [0.4, 0.5) is 0 Å². The Labute approximate surface area is 120 Å². The molecule has 0 aliphatic heterocycles. The van der Waals surface area contributed by atoms with Crippen LogP contribution >= 0.6 is 0 Å². The van der Waals surface area contributed by atoms with Crippen LogP contribution in [0.3, 0.4) is 0 Å². The largest absolute Gasteiger partial charge is 0.495 e. The lowest BCUT2D eigenvalue weighted by molar-refractivity contribution is 0.236. The lowest BCUT2D eigenvalue weighted by atomic mass is 10.1. The highest BCUT2D eigenvalue weighted by molar-refractivity contribution is 5.45. The lowest BCUT2D eigenvalue weighted by Crippen LogP contribution is -2.08. The smallest absolute Gasteiger partial charge is 0.227 e. The molecule has 0 atom stereocenters. The molecule has 21 heavy (non-hydrogen) atoms. The fourth-order valence-electron chi connectivity index (χ4n) is 1.72. The van der Waals surface area contributed by atoms with E-state index in [1.807, 2.05) is 6.07 Å². The molecule has 0 bridgehead atoms. The summed E-state index contributed by atoms with van der Waals surface area (Å²) >= 11 is 0. The standard InChI is InChI=1S/C15H13NO5/c1-19-14-3-2-10(4-11(14)6-16)8-21-15-9-20-12(7-17)5-13(15)18/h2-5,9,17H,7-8H2,1H3. The number of aliphatic hydroxyl groups is 1. The average molecular weight is 287 g/mol. The Morgan fingerprint density at radius 3 is 2.76 bits per heavy atom. The molecule has 0 saturated heterocycles. The third-order valence-corrected chi connectivity index (χ3v) is 2.79. The van der Waals surface area contributed by atoms with E-state index in [0.29, 0.717) is 11.3 Å². The van der Waals surface area contributed by atoms with Crippen molar-refractivity contribution in [3.63, 3.8) is 0 Å². The highest BCUT2D eigenvalue weighted by Crippen LogP contribution is 2.19. The van der Waals surface area contributed by atoms with Crippen molar-refractivity contribution < 1.29 is 19.0 Å². The third kappa shape index (κ3) is 3.41. The van der Waals surface area contributed by atoms with Crippen LogP contribution in [0.2, 0.25) is 0 Å². The van der Waals surface area contributed by atoms with Gasteiger partial charge in [-0.15, -0.1) is 0 Å². The van der Waals surface area contributed by atoms with E-state index in [4.69, 9.17) is 24.3 Å². The quantitative estimate of drug-likeness (QED) is 0.897. The second-order valence-corrected chi connectivity index (χ2v) is 4.17. The molecule has 1 N–H and O–H groups in total. The summed E-state index contributed by atoms with van der Waals surface area (Å²) in [6.45, 7) is -0.235. The van der Waals surface area contributed by atoms with E-state index in [9.17, 15) is 4.79 Å². The summed E-state index contributed by atoms with van der Waals surface area (Å²) in [5, 5.41) is 17.9. The highest BCUT2D eigenvalue weighted by Gasteiger charge is 2.07. The van der Waals surface area contributed by atoms with Gasteiger partial charge in [0.2, 0.25) is 11.2 Å². The van der Waals surface area contributed by atoms with Gasteiger partial charge in [-0.1, -0.05) is 6.07 Å².